The fraction of sp³-hybridized carbons (Fsp3) is 0.500. The molecule has 1 unspecified atom stereocenters. The van der Waals surface area contributed by atoms with Gasteiger partial charge in [-0.25, -0.2) is 18.2 Å². The summed E-state index contributed by atoms with van der Waals surface area (Å²) in [5.74, 6) is -0.662. The molecule has 13 heteroatoms. The predicted molar refractivity (Wildman–Crippen MR) is 186 cm³/mol. The highest BCUT2D eigenvalue weighted by molar-refractivity contribution is 7.89. The van der Waals surface area contributed by atoms with E-state index in [1.807, 2.05) is 70.3 Å². The molecule has 3 atom stereocenters. The van der Waals surface area contributed by atoms with E-state index in [0.717, 1.165) is 21.8 Å². The van der Waals surface area contributed by atoms with E-state index >= 15 is 0 Å². The lowest BCUT2D eigenvalue weighted by molar-refractivity contribution is -0.128. The Balaban J connectivity index is 1.58. The summed E-state index contributed by atoms with van der Waals surface area (Å²) >= 11 is 7.82. The first-order chi connectivity index (χ1) is 22.2. The fourth-order valence-corrected chi connectivity index (χ4v) is 8.30. The van der Waals surface area contributed by atoms with E-state index < -0.39 is 34.1 Å². The van der Waals surface area contributed by atoms with Crippen molar-refractivity contribution >= 4 is 44.9 Å². The van der Waals surface area contributed by atoms with Crippen molar-refractivity contribution in [3.8, 4) is 0 Å². The van der Waals surface area contributed by atoms with Gasteiger partial charge < -0.3 is 20.2 Å². The number of aliphatic hydroxyl groups excluding tert-OH is 1. The first-order valence-electron chi connectivity index (χ1n) is 15.9. The van der Waals surface area contributed by atoms with Gasteiger partial charge in [0.25, 0.3) is 0 Å². The number of nitrogens with zero attached hydrogens (tertiary/aromatic N) is 4. The van der Waals surface area contributed by atoms with Crippen LogP contribution in [0.1, 0.15) is 49.5 Å². The molecule has 10 nitrogen and oxygen atoms in total. The molecule has 2 N–H and O–H groups in total. The summed E-state index contributed by atoms with van der Waals surface area (Å²) in [6.45, 7) is 12.4. The number of aliphatic hydroxyl groups is 1. The molecule has 256 valence electrons. The molecule has 4 rings (SSSR count). The first-order valence-corrected chi connectivity index (χ1v) is 18.6. The summed E-state index contributed by atoms with van der Waals surface area (Å²) in [7, 11) is -4.03. The van der Waals surface area contributed by atoms with Crippen LogP contribution in [0.3, 0.4) is 0 Å². The van der Waals surface area contributed by atoms with Crippen LogP contribution in [0.15, 0.2) is 58.8 Å². The molecule has 2 heterocycles. The lowest BCUT2D eigenvalue weighted by Gasteiger charge is -2.34. The summed E-state index contributed by atoms with van der Waals surface area (Å²) in [5.41, 5.74) is 2.43. The molecular weight excluding hydrogens is 658 g/mol. The molecule has 3 aromatic rings. The van der Waals surface area contributed by atoms with Gasteiger partial charge in [-0.1, -0.05) is 75.7 Å². The van der Waals surface area contributed by atoms with Crippen LogP contribution >= 0.6 is 22.9 Å². The molecule has 47 heavy (non-hydrogen) atoms. The number of rotatable bonds is 15. The number of aromatic nitrogens is 1. The summed E-state index contributed by atoms with van der Waals surface area (Å²) < 4.78 is 29.0. The van der Waals surface area contributed by atoms with Crippen LogP contribution in [-0.2, 0) is 27.8 Å². The van der Waals surface area contributed by atoms with E-state index in [0.29, 0.717) is 24.7 Å². The smallest absolute Gasteiger partial charge is 0.321 e. The Morgan fingerprint density at radius 1 is 1.09 bits per heavy atom. The highest BCUT2D eigenvalue weighted by atomic mass is 35.5. The van der Waals surface area contributed by atoms with Gasteiger partial charge in [0.05, 0.1) is 34.3 Å². The van der Waals surface area contributed by atoms with Crippen LogP contribution in [0.25, 0.3) is 0 Å². The van der Waals surface area contributed by atoms with Gasteiger partial charge in [-0.3, -0.25) is 4.79 Å². The lowest BCUT2D eigenvalue weighted by Crippen LogP contribution is -2.57. The summed E-state index contributed by atoms with van der Waals surface area (Å²) in [5, 5.41) is 17.9. The second kappa shape index (κ2) is 15.9. The Bertz CT molecular complexity index is 1630. The number of carbonyl (C=O) groups excluding carboxylic acids is 2. The third-order valence-electron chi connectivity index (χ3n) is 8.21. The third kappa shape index (κ3) is 9.32. The van der Waals surface area contributed by atoms with Crippen LogP contribution in [0, 0.1) is 25.7 Å². The highest BCUT2D eigenvalue weighted by Crippen LogP contribution is 2.25. The van der Waals surface area contributed by atoms with E-state index in [2.05, 4.69) is 10.3 Å². The Morgan fingerprint density at radius 3 is 2.38 bits per heavy atom. The minimum Gasteiger partial charge on any atom is -0.390 e. The molecule has 1 fully saturated rings. The second-order valence-corrected chi connectivity index (χ2v) is 16.4. The molecule has 0 spiro atoms. The van der Waals surface area contributed by atoms with E-state index in [1.165, 1.54) is 27.8 Å². The van der Waals surface area contributed by atoms with Crippen LogP contribution in [0.2, 0.25) is 5.02 Å². The van der Waals surface area contributed by atoms with Gasteiger partial charge in [-0.15, -0.1) is 11.3 Å². The maximum atomic E-state index is 14.1. The van der Waals surface area contributed by atoms with Crippen molar-refractivity contribution in [3.05, 3.63) is 80.8 Å². The van der Waals surface area contributed by atoms with Crippen LogP contribution in [0.5, 0.6) is 0 Å². The summed E-state index contributed by atoms with van der Waals surface area (Å²) in [6, 6.07) is 12.1. The molecule has 1 saturated heterocycles. The zero-order chi connectivity index (χ0) is 34.5. The average Bonchev–Trinajstić information content (AvgIpc) is 3.58. The van der Waals surface area contributed by atoms with Gasteiger partial charge in [-0.2, -0.15) is 4.31 Å². The SMILES string of the molecule is Cc1nc(CN2CCN(C(C(=O)N[C@@H](Cc3ccccc3)[C@H](O)CN(CC(C)C)S(=O)(=O)c3ccc(C)c(Cl)c3)C(C)C)C2=O)cs1. The molecule has 0 saturated carbocycles. The molecule has 0 bridgehead atoms. The Labute approximate surface area is 287 Å². The maximum absolute atomic E-state index is 14.1. The topological polar surface area (TPSA) is 123 Å². The van der Waals surface area contributed by atoms with Crippen molar-refractivity contribution in [1.29, 1.82) is 0 Å². The zero-order valence-electron chi connectivity index (χ0n) is 27.9. The maximum Gasteiger partial charge on any atom is 0.321 e. The first kappa shape index (κ1) is 36.8. The van der Waals surface area contributed by atoms with Gasteiger partial charge in [-0.05, 0) is 55.4 Å². The number of nitrogens with one attached hydrogen (secondary N) is 1. The van der Waals surface area contributed by atoms with Gasteiger partial charge in [0.2, 0.25) is 15.9 Å². The largest absolute Gasteiger partial charge is 0.390 e. The zero-order valence-corrected chi connectivity index (χ0v) is 30.3. The molecule has 0 radical (unpaired) electrons. The quantitative estimate of drug-likeness (QED) is 0.227. The number of halogens is 1. The third-order valence-corrected chi connectivity index (χ3v) is 11.3. The van der Waals surface area contributed by atoms with E-state index in [1.54, 1.807) is 22.8 Å². The molecule has 1 aliphatic heterocycles. The normalized spacial score (nSPS) is 15.9. The number of hydrogen-bond donors (Lipinski definition) is 2. The van der Waals surface area contributed by atoms with E-state index in [9.17, 15) is 23.1 Å². The van der Waals surface area contributed by atoms with Crippen molar-refractivity contribution in [2.45, 2.75) is 77.6 Å². The van der Waals surface area contributed by atoms with Crippen molar-refractivity contribution in [1.82, 2.24) is 24.4 Å². The van der Waals surface area contributed by atoms with Crippen LogP contribution in [0.4, 0.5) is 4.79 Å². The molecule has 2 aromatic carbocycles. The number of hydrogen-bond acceptors (Lipinski definition) is 7. The highest BCUT2D eigenvalue weighted by Gasteiger charge is 2.40. The standard InChI is InChI=1S/C34H46ClN5O5S2/c1-22(2)18-39(47(44,45)28-13-12-24(5)29(35)17-28)20-31(41)30(16-26-10-8-7-9-11-26)37-33(42)32(23(3)4)40-15-14-38(34(40)43)19-27-21-46-25(6)36-27/h7-13,17,21-23,30-32,41H,14-16,18-20H2,1-6H3,(H,37,42)/t30-,31+,32?/m0/s1. The van der Waals surface area contributed by atoms with Gasteiger partial charge >= 0.3 is 6.03 Å². The Morgan fingerprint density at radius 2 is 1.79 bits per heavy atom. The summed E-state index contributed by atoms with van der Waals surface area (Å²) in [6.07, 6.45) is -1.01. The molecule has 3 amide bonds. The Kier molecular flexibility index (Phi) is 12.5. The van der Waals surface area contributed by atoms with Gasteiger partial charge in [0.15, 0.2) is 0 Å². The van der Waals surface area contributed by atoms with Crippen molar-refractivity contribution < 1.29 is 23.1 Å². The number of carbonyl (C=O) groups is 2. The van der Waals surface area contributed by atoms with Crippen LogP contribution in [-0.4, -0.2) is 88.9 Å². The minimum atomic E-state index is -4.03. The second-order valence-electron chi connectivity index (χ2n) is 12.9. The molecule has 1 aromatic heterocycles. The van der Waals surface area contributed by atoms with Gasteiger partial charge in [0, 0.05) is 36.6 Å². The Hall–Kier alpha value is -3.03. The number of thiazole rings is 1. The monoisotopic (exact) mass is 703 g/mol. The number of sulfonamides is 1. The number of aryl methyl sites for hydroxylation is 2. The molecular formula is C34H46ClN5O5S2. The van der Waals surface area contributed by atoms with Gasteiger partial charge in [0.1, 0.15) is 6.04 Å². The van der Waals surface area contributed by atoms with E-state index in [-0.39, 0.29) is 42.3 Å². The number of urea groups is 1. The average molecular weight is 704 g/mol. The summed E-state index contributed by atoms with van der Waals surface area (Å²) in [4.78, 5) is 35.4. The van der Waals surface area contributed by atoms with E-state index in [4.69, 9.17) is 11.6 Å². The van der Waals surface area contributed by atoms with Crippen molar-refractivity contribution in [3.63, 3.8) is 0 Å². The lowest BCUT2D eigenvalue weighted by atomic mass is 9.97. The number of benzene rings is 2. The van der Waals surface area contributed by atoms with Crippen LogP contribution < -0.4 is 5.32 Å². The van der Waals surface area contributed by atoms with Crippen molar-refractivity contribution in [2.24, 2.45) is 11.8 Å². The molecule has 1 aliphatic rings. The fourth-order valence-electron chi connectivity index (χ4n) is 5.80. The molecule has 0 aliphatic carbocycles. The minimum absolute atomic E-state index is 0.0365. The van der Waals surface area contributed by atoms with Crippen molar-refractivity contribution in [2.75, 3.05) is 26.2 Å². The number of amides is 3. The predicted octanol–water partition coefficient (Wildman–Crippen LogP) is 5.11.